The predicted octanol–water partition coefficient (Wildman–Crippen LogP) is -0.285. The van der Waals surface area contributed by atoms with E-state index in [1.807, 2.05) is 34.2 Å². The van der Waals surface area contributed by atoms with Crippen LogP contribution in [0.3, 0.4) is 0 Å². The number of carbonyl (C=O) groups excluding carboxylic acids is 9. The Hall–Kier alpha value is -2.89. The minimum atomic E-state index is 0.250. The zero-order valence-corrected chi connectivity index (χ0v) is 12.0. The van der Waals surface area contributed by atoms with Crippen molar-refractivity contribution in [3.8, 4) is 0 Å². The Bertz CT molecular complexity index is 158. The van der Waals surface area contributed by atoms with Gasteiger partial charge in [0.2, 0.25) is 0 Å². The van der Waals surface area contributed by atoms with Crippen LogP contribution in [0, 0.1) is 0 Å². The van der Waals surface area contributed by atoms with Crippen LogP contribution in [-0.4, -0.2) is 45.2 Å². The van der Waals surface area contributed by atoms with Gasteiger partial charge in [-0.25, -0.2) is 0 Å². The predicted molar refractivity (Wildman–Crippen MR) is 66.2 cm³/mol. The molecule has 9 nitrogen and oxygen atoms in total. The lowest BCUT2D eigenvalue weighted by Crippen LogP contribution is -1.36. The zero-order chi connectivity index (χ0) is 18.8. The fraction of sp³-hybridized carbons (Fsp3) is 0.364. The lowest BCUT2D eigenvalue weighted by atomic mass is 11.0. The van der Waals surface area contributed by atoms with Gasteiger partial charge < -0.3 is 24.0 Å². The molecule has 0 N–H and O–H groups in total. The highest BCUT2D eigenvalue weighted by Crippen LogP contribution is 1.15. The van der Waals surface area contributed by atoms with Crippen molar-refractivity contribution in [2.24, 2.45) is 0 Å². The van der Waals surface area contributed by atoms with Gasteiger partial charge in [0, 0.05) is 0 Å². The first-order valence-electron chi connectivity index (χ1n) is 4.31. The highest BCUT2D eigenvalue weighted by molar-refractivity contribution is 5.44. The molecule has 0 rings (SSSR count). The molecule has 0 bridgehead atoms. The molecule has 0 atom stereocenters. The van der Waals surface area contributed by atoms with Gasteiger partial charge in [-0.15, -0.1) is 0 Å². The molecule has 0 heterocycles. The molecular formula is C11H20O9. The van der Waals surface area contributed by atoms with Crippen molar-refractivity contribution >= 4 is 45.2 Å². The molecule has 0 aromatic carbocycles. The first-order valence-corrected chi connectivity index (χ1v) is 4.31. The van der Waals surface area contributed by atoms with Gasteiger partial charge in [-0.05, 0) is 13.8 Å². The fourth-order valence-corrected chi connectivity index (χ4v) is 0. The SMILES string of the molecule is C=O.C=O.C=O.CC.CC=O.CC=O.O=C=O.O=C=O. The molecule has 0 unspecified atom stereocenters. The first kappa shape index (κ1) is 53.5. The van der Waals surface area contributed by atoms with Crippen LogP contribution in [0.2, 0.25) is 0 Å². The van der Waals surface area contributed by atoms with Crippen molar-refractivity contribution < 1.29 is 43.2 Å². The topological polar surface area (TPSA) is 154 Å². The van der Waals surface area contributed by atoms with E-state index in [9.17, 15) is 0 Å². The van der Waals surface area contributed by atoms with Crippen molar-refractivity contribution in [2.75, 3.05) is 0 Å². The van der Waals surface area contributed by atoms with Gasteiger partial charge in [-0.2, -0.15) is 19.2 Å². The number of rotatable bonds is 0. The van der Waals surface area contributed by atoms with E-state index in [4.69, 9.17) is 43.2 Å². The Balaban J connectivity index is -0.0000000139. The summed E-state index contributed by atoms with van der Waals surface area (Å²) >= 11 is 0. The summed E-state index contributed by atoms with van der Waals surface area (Å²) in [6.07, 6.45) is 2.00. The second kappa shape index (κ2) is 2990. The maximum absolute atomic E-state index is 8.81. The molecule has 0 aromatic rings. The monoisotopic (exact) mass is 296 g/mol. The highest BCUT2D eigenvalue weighted by atomic mass is 16.2. The van der Waals surface area contributed by atoms with Crippen LogP contribution >= 0.6 is 0 Å². The third kappa shape index (κ3) is 360. The molecule has 0 amide bonds. The molecule has 0 aromatic heterocycles. The Labute approximate surface area is 117 Å². The number of hydrogen-bond acceptors (Lipinski definition) is 9. The van der Waals surface area contributed by atoms with E-state index < -0.39 is 0 Å². The third-order valence-electron chi connectivity index (χ3n) is 0. The van der Waals surface area contributed by atoms with E-state index in [1.165, 1.54) is 13.8 Å². The Kier molecular flexibility index (Phi) is 7990. The average molecular weight is 296 g/mol. The first-order chi connectivity index (χ1) is 9.66. The number of hydrogen-bond donors (Lipinski definition) is 0. The van der Waals surface area contributed by atoms with Crippen LogP contribution in [0.15, 0.2) is 0 Å². The third-order valence-corrected chi connectivity index (χ3v) is 0. The van der Waals surface area contributed by atoms with Crippen LogP contribution in [0.5, 0.6) is 0 Å². The Morgan fingerprint density at radius 1 is 0.600 bits per heavy atom. The number of aldehydes is 2. The van der Waals surface area contributed by atoms with Gasteiger partial charge >= 0.3 is 12.3 Å². The molecule has 0 spiro atoms. The largest absolute Gasteiger partial charge is 0.373 e. The van der Waals surface area contributed by atoms with Gasteiger partial charge in [0.1, 0.15) is 32.9 Å². The van der Waals surface area contributed by atoms with E-state index in [1.54, 1.807) is 0 Å². The molecule has 20 heavy (non-hydrogen) atoms. The summed E-state index contributed by atoms with van der Waals surface area (Å²) < 4.78 is 0. The van der Waals surface area contributed by atoms with Gasteiger partial charge in [0.25, 0.3) is 0 Å². The Morgan fingerprint density at radius 2 is 0.600 bits per heavy atom. The van der Waals surface area contributed by atoms with Crippen molar-refractivity contribution in [1.29, 1.82) is 0 Å². The average Bonchev–Trinajstić information content (AvgIpc) is 2.50. The summed E-state index contributed by atoms with van der Waals surface area (Å²) in [7, 11) is 0. The van der Waals surface area contributed by atoms with Crippen molar-refractivity contribution in [3.63, 3.8) is 0 Å². The van der Waals surface area contributed by atoms with E-state index in [2.05, 4.69) is 0 Å². The maximum Gasteiger partial charge on any atom is 0.373 e. The Morgan fingerprint density at radius 3 is 0.600 bits per heavy atom. The molecule has 0 aliphatic heterocycles. The maximum atomic E-state index is 8.81. The molecule has 0 aliphatic carbocycles. The van der Waals surface area contributed by atoms with Gasteiger partial charge in [0.05, 0.1) is 0 Å². The minimum absolute atomic E-state index is 0.250. The second-order valence-electron chi connectivity index (χ2n) is 0.638. The quantitative estimate of drug-likeness (QED) is 0.548. The van der Waals surface area contributed by atoms with Crippen molar-refractivity contribution in [1.82, 2.24) is 0 Å². The summed E-state index contributed by atoms with van der Waals surface area (Å²) in [6, 6.07) is 0. The molecule has 0 radical (unpaired) electrons. The van der Waals surface area contributed by atoms with Crippen LogP contribution in [-0.2, 0) is 43.2 Å². The van der Waals surface area contributed by atoms with Gasteiger partial charge in [0.15, 0.2) is 0 Å². The van der Waals surface area contributed by atoms with E-state index in [-0.39, 0.29) is 12.3 Å². The van der Waals surface area contributed by atoms with E-state index >= 15 is 0 Å². The van der Waals surface area contributed by atoms with Crippen LogP contribution in [0.25, 0.3) is 0 Å². The summed E-state index contributed by atoms with van der Waals surface area (Å²) in [5.41, 5.74) is 0. The van der Waals surface area contributed by atoms with E-state index in [0.29, 0.717) is 0 Å². The molecule has 118 valence electrons. The van der Waals surface area contributed by atoms with Gasteiger partial charge in [-0.1, -0.05) is 13.8 Å². The fourth-order valence-electron chi connectivity index (χ4n) is 0. The second-order valence-corrected chi connectivity index (χ2v) is 0.638. The molecule has 0 aliphatic rings. The molecule has 0 saturated heterocycles. The van der Waals surface area contributed by atoms with E-state index in [0.717, 1.165) is 12.6 Å². The lowest BCUT2D eigenvalue weighted by molar-refractivity contribution is -0.193. The van der Waals surface area contributed by atoms with Crippen molar-refractivity contribution in [3.05, 3.63) is 0 Å². The standard InChI is InChI=1S/2C2H4O.C2H6.2CO2.3CH2O/c2*1-2-3;1-2;2*2-1-3;3*1-2/h2*2H,1H3;1-2H3;;;3*1H2. The minimum Gasteiger partial charge on any atom is -0.307 e. The molecular weight excluding hydrogens is 276 g/mol. The summed E-state index contributed by atoms with van der Waals surface area (Å²) in [5, 5.41) is 0. The highest BCUT2D eigenvalue weighted by Gasteiger charge is 1.24. The smallest absolute Gasteiger partial charge is 0.307 e. The molecule has 0 fully saturated rings. The van der Waals surface area contributed by atoms with Crippen molar-refractivity contribution in [2.45, 2.75) is 27.7 Å². The van der Waals surface area contributed by atoms with Crippen LogP contribution in [0.4, 0.5) is 0 Å². The molecule has 9 heteroatoms. The summed E-state index contributed by atoms with van der Waals surface area (Å²) in [4.78, 5) is 74.1. The normalized spacial score (nSPS) is 3.00. The zero-order valence-electron chi connectivity index (χ0n) is 12.0. The molecule has 0 saturated carbocycles. The summed E-state index contributed by atoms with van der Waals surface area (Å²) in [5.74, 6) is 0. The van der Waals surface area contributed by atoms with Crippen LogP contribution in [0.1, 0.15) is 27.7 Å². The summed E-state index contributed by atoms with van der Waals surface area (Å²) in [6.45, 7) is 12.9. The van der Waals surface area contributed by atoms with Crippen LogP contribution < -0.4 is 0 Å². The number of carbonyl (C=O) groups is 5. The lowest BCUT2D eigenvalue weighted by Gasteiger charge is -1.24. The van der Waals surface area contributed by atoms with Gasteiger partial charge in [-0.3, -0.25) is 0 Å².